The van der Waals surface area contributed by atoms with Gasteiger partial charge in [0, 0.05) is 23.9 Å². The number of benzene rings is 2. The van der Waals surface area contributed by atoms with Gasteiger partial charge in [-0.3, -0.25) is 14.9 Å². The highest BCUT2D eigenvalue weighted by atomic mass is 32.1. The van der Waals surface area contributed by atoms with Crippen LogP contribution < -0.4 is 25.4 Å². The van der Waals surface area contributed by atoms with Crippen LogP contribution in [0.2, 0.25) is 0 Å². The summed E-state index contributed by atoms with van der Waals surface area (Å²) in [5.74, 6) is 1.08. The average molecular weight is 442 g/mol. The van der Waals surface area contributed by atoms with Gasteiger partial charge < -0.3 is 20.1 Å². The Morgan fingerprint density at radius 1 is 0.968 bits per heavy atom. The van der Waals surface area contributed by atoms with Crippen LogP contribution in [-0.4, -0.2) is 31.1 Å². The Bertz CT molecular complexity index is 956. The molecular formula is C23H27N3O4S. The first-order valence-corrected chi connectivity index (χ1v) is 10.1. The third-order valence-corrected chi connectivity index (χ3v) is 4.30. The summed E-state index contributed by atoms with van der Waals surface area (Å²) < 4.78 is 10.4. The molecule has 0 spiro atoms. The number of ether oxygens (including phenoxy) is 2. The van der Waals surface area contributed by atoms with Crippen molar-refractivity contribution in [3.8, 4) is 11.5 Å². The molecule has 0 fully saturated rings. The Morgan fingerprint density at radius 3 is 2.16 bits per heavy atom. The van der Waals surface area contributed by atoms with Crippen LogP contribution in [0.4, 0.5) is 11.4 Å². The van der Waals surface area contributed by atoms with E-state index in [0.29, 0.717) is 35.2 Å². The molecule has 0 heterocycles. The predicted molar refractivity (Wildman–Crippen MR) is 127 cm³/mol. The monoisotopic (exact) mass is 441 g/mol. The maximum atomic E-state index is 12.1. The third-order valence-electron chi connectivity index (χ3n) is 4.09. The zero-order chi connectivity index (χ0) is 22.8. The van der Waals surface area contributed by atoms with Crippen molar-refractivity contribution >= 4 is 46.6 Å². The van der Waals surface area contributed by atoms with E-state index in [1.165, 1.54) is 6.08 Å². The van der Waals surface area contributed by atoms with Gasteiger partial charge in [-0.05, 0) is 66.2 Å². The zero-order valence-corrected chi connectivity index (χ0v) is 18.8. The van der Waals surface area contributed by atoms with Gasteiger partial charge in [-0.2, -0.15) is 0 Å². The molecule has 0 aliphatic heterocycles. The molecule has 0 aliphatic carbocycles. The summed E-state index contributed by atoms with van der Waals surface area (Å²) in [6.45, 7) is 3.98. The smallest absolute Gasteiger partial charge is 0.250 e. The molecule has 2 aromatic carbocycles. The fraction of sp³-hybridized carbons (Fsp3) is 0.261. The molecule has 0 saturated carbocycles. The van der Waals surface area contributed by atoms with E-state index in [2.05, 4.69) is 16.0 Å². The van der Waals surface area contributed by atoms with Gasteiger partial charge in [0.1, 0.15) is 0 Å². The van der Waals surface area contributed by atoms with E-state index in [-0.39, 0.29) is 16.9 Å². The Morgan fingerprint density at radius 2 is 1.58 bits per heavy atom. The summed E-state index contributed by atoms with van der Waals surface area (Å²) in [6, 6.07) is 12.4. The number of hydrogen-bond donors (Lipinski definition) is 3. The van der Waals surface area contributed by atoms with E-state index in [4.69, 9.17) is 21.7 Å². The highest BCUT2D eigenvalue weighted by molar-refractivity contribution is 7.80. The van der Waals surface area contributed by atoms with Crippen LogP contribution in [0.25, 0.3) is 6.08 Å². The molecule has 7 nitrogen and oxygen atoms in total. The minimum absolute atomic E-state index is 0.0280. The number of anilines is 2. The second-order valence-corrected chi connectivity index (χ2v) is 7.52. The lowest BCUT2D eigenvalue weighted by atomic mass is 10.1. The third kappa shape index (κ3) is 8.10. The molecular weight excluding hydrogens is 414 g/mol. The van der Waals surface area contributed by atoms with Crippen LogP contribution in [-0.2, 0) is 9.59 Å². The van der Waals surface area contributed by atoms with Crippen LogP contribution in [0.5, 0.6) is 11.5 Å². The minimum atomic E-state index is -0.371. The minimum Gasteiger partial charge on any atom is -0.493 e. The van der Waals surface area contributed by atoms with Crippen LogP contribution in [0, 0.1) is 5.92 Å². The van der Waals surface area contributed by atoms with E-state index >= 15 is 0 Å². The largest absolute Gasteiger partial charge is 0.493 e. The number of methoxy groups -OCH3 is 2. The van der Waals surface area contributed by atoms with Gasteiger partial charge in [-0.1, -0.05) is 19.9 Å². The molecule has 2 aromatic rings. The van der Waals surface area contributed by atoms with Crippen LogP contribution in [0.15, 0.2) is 48.5 Å². The fourth-order valence-electron chi connectivity index (χ4n) is 2.66. The Balaban J connectivity index is 1.87. The lowest BCUT2D eigenvalue weighted by molar-refractivity contribution is -0.117. The van der Waals surface area contributed by atoms with Crippen molar-refractivity contribution in [1.29, 1.82) is 0 Å². The highest BCUT2D eigenvalue weighted by Crippen LogP contribution is 2.27. The van der Waals surface area contributed by atoms with E-state index < -0.39 is 0 Å². The Labute approximate surface area is 187 Å². The maximum Gasteiger partial charge on any atom is 0.250 e. The van der Waals surface area contributed by atoms with E-state index in [1.54, 1.807) is 56.7 Å². The molecule has 164 valence electrons. The molecule has 0 aliphatic rings. The summed E-state index contributed by atoms with van der Waals surface area (Å²) in [6.07, 6.45) is 3.49. The van der Waals surface area contributed by atoms with Gasteiger partial charge in [-0.25, -0.2) is 0 Å². The van der Waals surface area contributed by atoms with Crippen molar-refractivity contribution in [2.45, 2.75) is 20.3 Å². The maximum absolute atomic E-state index is 12.1. The summed E-state index contributed by atoms with van der Waals surface area (Å²) in [5, 5.41) is 8.52. The SMILES string of the molecule is COc1ccc(/C=C/C(=O)NC(=S)Nc2ccc(NC(=O)CC(C)C)cc2)cc1OC. The van der Waals surface area contributed by atoms with Crippen LogP contribution >= 0.6 is 12.2 Å². The number of amides is 2. The van der Waals surface area contributed by atoms with Crippen molar-refractivity contribution < 1.29 is 19.1 Å². The van der Waals surface area contributed by atoms with Gasteiger partial charge in [0.25, 0.3) is 0 Å². The van der Waals surface area contributed by atoms with E-state index in [1.807, 2.05) is 19.9 Å². The topological polar surface area (TPSA) is 88.7 Å². The fourth-order valence-corrected chi connectivity index (χ4v) is 2.88. The molecule has 3 N–H and O–H groups in total. The Kier molecular flexibility index (Phi) is 9.02. The normalized spacial score (nSPS) is 10.6. The molecule has 2 rings (SSSR count). The molecule has 0 saturated heterocycles. The molecule has 0 bridgehead atoms. The number of carbonyl (C=O) groups is 2. The van der Waals surface area contributed by atoms with E-state index in [9.17, 15) is 9.59 Å². The molecule has 0 atom stereocenters. The van der Waals surface area contributed by atoms with Crippen molar-refractivity contribution in [3.05, 3.63) is 54.1 Å². The number of thiocarbonyl (C=S) groups is 1. The summed E-state index contributed by atoms with van der Waals surface area (Å²) in [4.78, 5) is 24.0. The first-order valence-electron chi connectivity index (χ1n) is 9.72. The first kappa shape index (κ1) is 23.9. The van der Waals surface area contributed by atoms with Crippen molar-refractivity contribution in [1.82, 2.24) is 5.32 Å². The first-order chi connectivity index (χ1) is 14.8. The molecule has 31 heavy (non-hydrogen) atoms. The molecule has 2 amide bonds. The van der Waals surface area contributed by atoms with Gasteiger partial charge in [0.15, 0.2) is 16.6 Å². The lowest BCUT2D eigenvalue weighted by Gasteiger charge is -2.10. The van der Waals surface area contributed by atoms with Crippen molar-refractivity contribution in [2.75, 3.05) is 24.9 Å². The molecule has 8 heteroatoms. The van der Waals surface area contributed by atoms with Crippen LogP contribution in [0.3, 0.4) is 0 Å². The summed E-state index contributed by atoms with van der Waals surface area (Å²) >= 11 is 5.18. The standard InChI is InChI=1S/C23H27N3O4S/c1-15(2)13-22(28)24-17-7-9-18(10-8-17)25-23(31)26-21(27)12-6-16-5-11-19(29-3)20(14-16)30-4/h5-12,14-15H,13H2,1-4H3,(H,24,28)(H2,25,26,27,31)/b12-6+. The molecule has 0 radical (unpaired) electrons. The number of hydrogen-bond acceptors (Lipinski definition) is 5. The van der Waals surface area contributed by atoms with Gasteiger partial charge in [-0.15, -0.1) is 0 Å². The van der Waals surface area contributed by atoms with Crippen LogP contribution in [0.1, 0.15) is 25.8 Å². The Hall–Kier alpha value is -3.39. The number of carbonyl (C=O) groups excluding carboxylic acids is 2. The van der Waals surface area contributed by atoms with Gasteiger partial charge in [0.2, 0.25) is 11.8 Å². The van der Waals surface area contributed by atoms with E-state index in [0.717, 1.165) is 5.56 Å². The second kappa shape index (κ2) is 11.7. The number of nitrogens with one attached hydrogen (secondary N) is 3. The highest BCUT2D eigenvalue weighted by Gasteiger charge is 2.07. The second-order valence-electron chi connectivity index (χ2n) is 7.11. The van der Waals surface area contributed by atoms with Gasteiger partial charge in [0.05, 0.1) is 14.2 Å². The van der Waals surface area contributed by atoms with Gasteiger partial charge >= 0.3 is 0 Å². The summed E-state index contributed by atoms with van der Waals surface area (Å²) in [5.41, 5.74) is 2.17. The van der Waals surface area contributed by atoms with Crippen molar-refractivity contribution in [2.24, 2.45) is 5.92 Å². The lowest BCUT2D eigenvalue weighted by Crippen LogP contribution is -2.32. The summed E-state index contributed by atoms with van der Waals surface area (Å²) in [7, 11) is 3.11. The quantitative estimate of drug-likeness (QED) is 0.420. The predicted octanol–water partition coefficient (Wildman–Crippen LogP) is 4.21. The average Bonchev–Trinajstić information content (AvgIpc) is 2.72. The van der Waals surface area contributed by atoms with Crippen molar-refractivity contribution in [3.63, 3.8) is 0 Å². The molecule has 0 aromatic heterocycles. The number of rotatable bonds is 8. The molecule has 0 unspecified atom stereocenters. The zero-order valence-electron chi connectivity index (χ0n) is 18.0.